The van der Waals surface area contributed by atoms with Crippen LogP contribution in [-0.2, 0) is 15.9 Å². The van der Waals surface area contributed by atoms with E-state index in [1.54, 1.807) is 11.8 Å². The molecule has 1 unspecified atom stereocenters. The Morgan fingerprint density at radius 3 is 2.84 bits per heavy atom. The van der Waals surface area contributed by atoms with E-state index < -0.39 is 0 Å². The van der Waals surface area contributed by atoms with Crippen molar-refractivity contribution < 1.29 is 14.0 Å². The van der Waals surface area contributed by atoms with Gasteiger partial charge in [-0.25, -0.2) is 4.99 Å². The molecule has 3 heterocycles. The van der Waals surface area contributed by atoms with E-state index in [2.05, 4.69) is 22.5 Å². The van der Waals surface area contributed by atoms with Crippen molar-refractivity contribution in [1.82, 2.24) is 5.16 Å². The Balaban J connectivity index is 1.22. The maximum atomic E-state index is 6.14. The third kappa shape index (κ3) is 5.61. The molecule has 0 aromatic carbocycles. The highest BCUT2D eigenvalue weighted by Gasteiger charge is 2.34. The van der Waals surface area contributed by atoms with Crippen LogP contribution in [-0.4, -0.2) is 35.7 Å². The van der Waals surface area contributed by atoms with Gasteiger partial charge in [0.15, 0.2) is 0 Å². The van der Waals surface area contributed by atoms with Crippen molar-refractivity contribution >= 4 is 17.7 Å². The molecule has 0 radical (unpaired) electrons. The number of aryl methyl sites for hydroxylation is 2. The summed E-state index contributed by atoms with van der Waals surface area (Å²) >= 11 is 1.75. The molecule has 1 aromatic rings. The highest BCUT2D eigenvalue weighted by atomic mass is 32.2. The number of unbranched alkanes of at least 4 members (excludes halogenated alkanes) is 4. The minimum Gasteiger partial charge on any atom is -0.476 e. The highest BCUT2D eigenvalue weighted by molar-refractivity contribution is 8.03. The number of rotatable bonds is 10. The molecule has 138 valence electrons. The molecule has 1 aromatic heterocycles. The van der Waals surface area contributed by atoms with Gasteiger partial charge >= 0.3 is 0 Å². The van der Waals surface area contributed by atoms with E-state index in [9.17, 15) is 0 Å². The van der Waals surface area contributed by atoms with Crippen LogP contribution in [0.5, 0.6) is 0 Å². The molecule has 3 rings (SSSR count). The van der Waals surface area contributed by atoms with E-state index in [-0.39, 0.29) is 4.93 Å². The maximum Gasteiger partial charge on any atom is 0.212 e. The number of ether oxygens (including phenoxy) is 2. The first kappa shape index (κ1) is 18.5. The lowest BCUT2D eigenvalue weighted by Gasteiger charge is -2.24. The Morgan fingerprint density at radius 2 is 2.08 bits per heavy atom. The fourth-order valence-electron chi connectivity index (χ4n) is 3.12. The second-order valence-electron chi connectivity index (χ2n) is 6.91. The van der Waals surface area contributed by atoms with Crippen molar-refractivity contribution in [3.8, 4) is 0 Å². The molecule has 2 aliphatic heterocycles. The number of nitrogens with zero attached hydrogens (tertiary/aromatic N) is 2. The zero-order chi connectivity index (χ0) is 17.5. The van der Waals surface area contributed by atoms with Crippen LogP contribution in [0.3, 0.4) is 0 Å². The Hall–Kier alpha value is -1.27. The Bertz CT molecular complexity index is 626. The molecule has 1 atom stereocenters. The van der Waals surface area contributed by atoms with Gasteiger partial charge in [0.25, 0.3) is 0 Å². The summed E-state index contributed by atoms with van der Waals surface area (Å²) in [5.74, 6) is 1.83. The molecule has 0 spiro atoms. The summed E-state index contributed by atoms with van der Waals surface area (Å²) in [4.78, 5) is 4.23. The van der Waals surface area contributed by atoms with Gasteiger partial charge in [0.05, 0.1) is 12.2 Å². The van der Waals surface area contributed by atoms with Crippen LogP contribution in [0.4, 0.5) is 0 Å². The zero-order valence-corrected chi connectivity index (χ0v) is 16.1. The third-order valence-corrected chi connectivity index (χ3v) is 5.64. The average Bonchev–Trinajstić information content (AvgIpc) is 3.31. The van der Waals surface area contributed by atoms with Gasteiger partial charge in [-0.05, 0) is 32.1 Å². The van der Waals surface area contributed by atoms with Gasteiger partial charge in [0, 0.05) is 31.1 Å². The van der Waals surface area contributed by atoms with Crippen LogP contribution in [0, 0.1) is 6.92 Å². The molecule has 0 saturated carbocycles. The first-order valence-electron chi connectivity index (χ1n) is 9.25. The largest absolute Gasteiger partial charge is 0.476 e. The number of aliphatic imine (C=N–C) groups is 1. The van der Waals surface area contributed by atoms with E-state index in [1.807, 2.05) is 13.0 Å². The van der Waals surface area contributed by atoms with Crippen LogP contribution in [0.25, 0.3) is 0 Å². The monoisotopic (exact) mass is 364 g/mol. The van der Waals surface area contributed by atoms with E-state index in [0.29, 0.717) is 6.61 Å². The Kier molecular flexibility index (Phi) is 6.59. The van der Waals surface area contributed by atoms with E-state index >= 15 is 0 Å². The second-order valence-corrected chi connectivity index (χ2v) is 8.24. The smallest absolute Gasteiger partial charge is 0.212 e. The van der Waals surface area contributed by atoms with Gasteiger partial charge in [-0.2, -0.15) is 0 Å². The van der Waals surface area contributed by atoms with Gasteiger partial charge in [0.2, 0.25) is 5.90 Å². The molecule has 5 nitrogen and oxygen atoms in total. The van der Waals surface area contributed by atoms with Gasteiger partial charge in [-0.1, -0.05) is 36.2 Å². The molecule has 0 aliphatic carbocycles. The quantitative estimate of drug-likeness (QED) is 0.565. The Labute approximate surface area is 154 Å². The van der Waals surface area contributed by atoms with Crippen molar-refractivity contribution in [3.05, 3.63) is 28.5 Å². The first-order valence-corrected chi connectivity index (χ1v) is 10.1. The second kappa shape index (κ2) is 8.90. The fraction of sp³-hybridized carbons (Fsp3) is 0.684. The highest BCUT2D eigenvalue weighted by Crippen LogP contribution is 2.42. The summed E-state index contributed by atoms with van der Waals surface area (Å²) in [7, 11) is 0. The normalized spacial score (nSPS) is 22.8. The van der Waals surface area contributed by atoms with Crippen LogP contribution in [0.1, 0.15) is 56.9 Å². The van der Waals surface area contributed by atoms with E-state index in [0.717, 1.165) is 49.8 Å². The van der Waals surface area contributed by atoms with Crippen molar-refractivity contribution in [1.29, 1.82) is 0 Å². The van der Waals surface area contributed by atoms with Gasteiger partial charge < -0.3 is 14.0 Å². The SMILES string of the molecule is Cc1cc(CCCCCCCOC2(C)CC(C3=NCCO3)=CS2)on1. The third-order valence-electron chi connectivity index (χ3n) is 4.47. The minimum absolute atomic E-state index is 0.159. The minimum atomic E-state index is -0.159. The predicted molar refractivity (Wildman–Crippen MR) is 101 cm³/mol. The van der Waals surface area contributed by atoms with Crippen molar-refractivity contribution in [2.24, 2.45) is 4.99 Å². The molecule has 0 fully saturated rings. The molecule has 0 N–H and O–H groups in total. The van der Waals surface area contributed by atoms with E-state index in [4.69, 9.17) is 14.0 Å². The number of hydrogen-bond acceptors (Lipinski definition) is 6. The molecule has 0 amide bonds. The summed E-state index contributed by atoms with van der Waals surface area (Å²) in [5.41, 5.74) is 2.15. The van der Waals surface area contributed by atoms with Crippen molar-refractivity contribution in [2.75, 3.05) is 19.8 Å². The van der Waals surface area contributed by atoms with Crippen molar-refractivity contribution in [2.45, 2.75) is 63.7 Å². The van der Waals surface area contributed by atoms with Gasteiger partial charge in [-0.15, -0.1) is 0 Å². The summed E-state index contributed by atoms with van der Waals surface area (Å²) in [6.07, 6.45) is 7.84. The number of aromatic nitrogens is 1. The molecule has 0 bridgehead atoms. The molecule has 6 heteroatoms. The molecule has 2 aliphatic rings. The lowest BCUT2D eigenvalue weighted by atomic mass is 10.1. The molecular formula is C19H28N2O3S. The number of hydrogen-bond donors (Lipinski definition) is 0. The van der Waals surface area contributed by atoms with Crippen LogP contribution < -0.4 is 0 Å². The van der Waals surface area contributed by atoms with Crippen molar-refractivity contribution in [3.63, 3.8) is 0 Å². The fourth-order valence-corrected chi connectivity index (χ4v) is 4.09. The predicted octanol–water partition coefficient (Wildman–Crippen LogP) is 4.66. The van der Waals surface area contributed by atoms with Crippen LogP contribution in [0.2, 0.25) is 0 Å². The molecule has 25 heavy (non-hydrogen) atoms. The van der Waals surface area contributed by atoms with E-state index in [1.165, 1.54) is 31.3 Å². The maximum absolute atomic E-state index is 6.14. The summed E-state index contributed by atoms with van der Waals surface area (Å²) in [5, 5.41) is 6.07. The standard InChI is InChI=1S/C19H28N2O3S/c1-15-12-17(24-21-15)8-6-4-3-5-7-10-23-19(2)13-16(14-25-19)18-20-9-11-22-18/h12,14H,3-11,13H2,1-2H3. The Morgan fingerprint density at radius 1 is 1.24 bits per heavy atom. The van der Waals surface area contributed by atoms with Crippen LogP contribution in [0.15, 0.2) is 26.6 Å². The zero-order valence-electron chi connectivity index (χ0n) is 15.3. The number of thioether (sulfide) groups is 1. The lowest BCUT2D eigenvalue weighted by molar-refractivity contribution is 0.0396. The summed E-state index contributed by atoms with van der Waals surface area (Å²) < 4.78 is 16.9. The van der Waals surface area contributed by atoms with Gasteiger partial charge in [0.1, 0.15) is 17.3 Å². The molecular weight excluding hydrogens is 336 g/mol. The average molecular weight is 365 g/mol. The lowest BCUT2D eigenvalue weighted by Crippen LogP contribution is -2.23. The summed E-state index contributed by atoms with van der Waals surface area (Å²) in [6, 6.07) is 2.03. The van der Waals surface area contributed by atoms with Crippen LogP contribution >= 0.6 is 11.8 Å². The summed E-state index contributed by atoms with van der Waals surface area (Å²) in [6.45, 7) is 6.44. The topological polar surface area (TPSA) is 56.9 Å². The molecule has 0 saturated heterocycles. The first-order chi connectivity index (χ1) is 12.1. The van der Waals surface area contributed by atoms with Gasteiger partial charge in [-0.3, -0.25) is 0 Å².